The average Bonchev–Trinajstić information content (AvgIpc) is 3.21. The zero-order chi connectivity index (χ0) is 33.3. The third kappa shape index (κ3) is 5.63. The first-order valence-electron chi connectivity index (χ1n) is 17.0. The molecular weight excluding hydrogens is 605 g/mol. The van der Waals surface area contributed by atoms with Gasteiger partial charge in [-0.1, -0.05) is 176 Å². The molecule has 1 heterocycles. The van der Waals surface area contributed by atoms with Crippen molar-refractivity contribution in [3.63, 3.8) is 0 Å². The lowest BCUT2D eigenvalue weighted by molar-refractivity contribution is 1.18. The van der Waals surface area contributed by atoms with Gasteiger partial charge in [0.1, 0.15) is 0 Å². The molecule has 50 heavy (non-hydrogen) atoms. The van der Waals surface area contributed by atoms with Crippen LogP contribution in [-0.4, -0.2) is 9.97 Å². The van der Waals surface area contributed by atoms with Gasteiger partial charge >= 0.3 is 0 Å². The Morgan fingerprint density at radius 3 is 1.22 bits per heavy atom. The fourth-order valence-electron chi connectivity index (χ4n) is 6.96. The maximum atomic E-state index is 5.21. The minimum atomic E-state index is 0.697. The zero-order valence-corrected chi connectivity index (χ0v) is 27.4. The normalized spacial score (nSPS) is 11.2. The molecule has 2 heteroatoms. The van der Waals surface area contributed by atoms with Gasteiger partial charge in [-0.05, 0) is 73.1 Å². The van der Waals surface area contributed by atoms with E-state index in [1.165, 1.54) is 38.2 Å². The summed E-state index contributed by atoms with van der Waals surface area (Å²) in [5.74, 6) is 0.697. The van der Waals surface area contributed by atoms with E-state index in [0.717, 1.165) is 44.8 Å². The summed E-state index contributed by atoms with van der Waals surface area (Å²) in [4.78, 5) is 10.4. The maximum absolute atomic E-state index is 5.21. The summed E-state index contributed by atoms with van der Waals surface area (Å²) in [6.45, 7) is 0. The lowest BCUT2D eigenvalue weighted by atomic mass is 9.95. The van der Waals surface area contributed by atoms with Crippen LogP contribution in [0.25, 0.3) is 88.8 Å². The summed E-state index contributed by atoms with van der Waals surface area (Å²) >= 11 is 0. The Balaban J connectivity index is 1.19. The van der Waals surface area contributed by atoms with Crippen molar-refractivity contribution in [3.8, 4) is 67.3 Å². The molecule has 8 aromatic carbocycles. The molecule has 0 unspecified atom stereocenters. The van der Waals surface area contributed by atoms with Gasteiger partial charge in [0.15, 0.2) is 5.82 Å². The molecule has 0 spiro atoms. The van der Waals surface area contributed by atoms with Crippen molar-refractivity contribution in [2.75, 3.05) is 0 Å². The Bertz CT molecular complexity index is 2490. The first kappa shape index (κ1) is 29.5. The van der Waals surface area contributed by atoms with Gasteiger partial charge in [-0.15, -0.1) is 0 Å². The lowest BCUT2D eigenvalue weighted by Gasteiger charge is -2.13. The van der Waals surface area contributed by atoms with Crippen LogP contribution in [0.2, 0.25) is 0 Å². The number of benzene rings is 8. The van der Waals surface area contributed by atoms with Gasteiger partial charge in [0.2, 0.25) is 0 Å². The fraction of sp³-hybridized carbons (Fsp3) is 0. The molecule has 2 nitrogen and oxygen atoms in total. The van der Waals surface area contributed by atoms with Crippen molar-refractivity contribution in [1.82, 2.24) is 9.97 Å². The van der Waals surface area contributed by atoms with E-state index >= 15 is 0 Å². The molecule has 0 aliphatic heterocycles. The van der Waals surface area contributed by atoms with Gasteiger partial charge in [0.25, 0.3) is 0 Å². The highest BCUT2D eigenvalue weighted by atomic mass is 14.9. The minimum absolute atomic E-state index is 0.697. The largest absolute Gasteiger partial charge is 0.228 e. The van der Waals surface area contributed by atoms with Crippen LogP contribution in [0.4, 0.5) is 0 Å². The van der Waals surface area contributed by atoms with Crippen molar-refractivity contribution in [3.05, 3.63) is 194 Å². The van der Waals surface area contributed by atoms with Crippen LogP contribution < -0.4 is 0 Å². The molecule has 0 bridgehead atoms. The second-order valence-electron chi connectivity index (χ2n) is 12.6. The summed E-state index contributed by atoms with van der Waals surface area (Å²) in [5.41, 5.74) is 11.9. The Morgan fingerprint density at radius 1 is 0.260 bits per heavy atom. The fourth-order valence-corrected chi connectivity index (χ4v) is 6.96. The smallest absolute Gasteiger partial charge is 0.160 e. The first-order valence-corrected chi connectivity index (χ1v) is 17.0. The van der Waals surface area contributed by atoms with Crippen LogP contribution in [0.5, 0.6) is 0 Å². The van der Waals surface area contributed by atoms with Crippen molar-refractivity contribution in [2.24, 2.45) is 0 Å². The number of fused-ring (bicyclic) bond motifs is 2. The van der Waals surface area contributed by atoms with Gasteiger partial charge in [0.05, 0.1) is 11.4 Å². The molecule has 9 aromatic rings. The quantitative estimate of drug-likeness (QED) is 0.181. The predicted molar refractivity (Wildman–Crippen MR) is 210 cm³/mol. The van der Waals surface area contributed by atoms with E-state index in [-0.39, 0.29) is 0 Å². The van der Waals surface area contributed by atoms with Crippen LogP contribution in [0.3, 0.4) is 0 Å². The number of hydrogen-bond donors (Lipinski definition) is 0. The van der Waals surface area contributed by atoms with Gasteiger partial charge in [-0.2, -0.15) is 0 Å². The van der Waals surface area contributed by atoms with Crippen LogP contribution in [0, 0.1) is 0 Å². The minimum Gasteiger partial charge on any atom is -0.228 e. The second kappa shape index (κ2) is 12.8. The summed E-state index contributed by atoms with van der Waals surface area (Å²) in [6, 6.07) is 68.7. The average molecular weight is 637 g/mol. The predicted octanol–water partition coefficient (Wildman–Crippen LogP) is 12.8. The topological polar surface area (TPSA) is 25.8 Å². The Kier molecular flexibility index (Phi) is 7.53. The molecule has 0 aliphatic rings. The first-order chi connectivity index (χ1) is 24.8. The van der Waals surface area contributed by atoms with E-state index in [1.54, 1.807) is 0 Å². The standard InChI is InChI=1S/C48H32N2/c1-2-12-33(13-3-1)34-26-28-37(29-27-34)48-49-46(40-20-8-18-38(30-40)44-24-10-16-35-14-4-6-22-42(35)44)32-47(50-48)41-21-9-19-39(31-41)45-25-11-17-36-15-5-7-23-43(36)45/h1-32H. The number of aromatic nitrogens is 2. The molecule has 0 N–H and O–H groups in total. The third-order valence-electron chi connectivity index (χ3n) is 9.49. The number of rotatable bonds is 6. The summed E-state index contributed by atoms with van der Waals surface area (Å²) in [6.07, 6.45) is 0. The molecule has 0 saturated heterocycles. The lowest BCUT2D eigenvalue weighted by Crippen LogP contribution is -1.96. The van der Waals surface area contributed by atoms with E-state index in [9.17, 15) is 0 Å². The third-order valence-corrected chi connectivity index (χ3v) is 9.49. The molecule has 0 atom stereocenters. The summed E-state index contributed by atoms with van der Waals surface area (Å²) < 4.78 is 0. The monoisotopic (exact) mass is 636 g/mol. The Morgan fingerprint density at radius 2 is 0.660 bits per heavy atom. The van der Waals surface area contributed by atoms with Gasteiger partial charge in [0, 0.05) is 16.7 Å². The molecule has 234 valence electrons. The van der Waals surface area contributed by atoms with Crippen molar-refractivity contribution < 1.29 is 0 Å². The van der Waals surface area contributed by atoms with E-state index in [0.29, 0.717) is 5.82 Å². The van der Waals surface area contributed by atoms with Crippen LogP contribution >= 0.6 is 0 Å². The number of hydrogen-bond acceptors (Lipinski definition) is 2. The van der Waals surface area contributed by atoms with E-state index in [2.05, 4.69) is 188 Å². The SMILES string of the molecule is c1ccc(-c2ccc(-c3nc(-c4cccc(-c5cccc6ccccc56)c4)cc(-c4cccc(-c5cccc6ccccc56)c4)n3)cc2)cc1. The van der Waals surface area contributed by atoms with E-state index < -0.39 is 0 Å². The molecule has 0 fully saturated rings. The molecular formula is C48H32N2. The molecule has 0 radical (unpaired) electrons. The zero-order valence-electron chi connectivity index (χ0n) is 27.4. The molecule has 9 rings (SSSR count). The molecule has 0 aliphatic carbocycles. The Hall–Kier alpha value is -6.64. The van der Waals surface area contributed by atoms with Crippen LogP contribution in [0.15, 0.2) is 194 Å². The van der Waals surface area contributed by atoms with Gasteiger partial charge in [-0.3, -0.25) is 0 Å². The summed E-state index contributed by atoms with van der Waals surface area (Å²) in [7, 11) is 0. The van der Waals surface area contributed by atoms with E-state index in [1.807, 2.05) is 6.07 Å². The van der Waals surface area contributed by atoms with Gasteiger partial charge < -0.3 is 0 Å². The highest BCUT2D eigenvalue weighted by Crippen LogP contribution is 2.35. The van der Waals surface area contributed by atoms with Crippen molar-refractivity contribution in [1.29, 1.82) is 0 Å². The second-order valence-corrected chi connectivity index (χ2v) is 12.6. The van der Waals surface area contributed by atoms with Crippen molar-refractivity contribution in [2.45, 2.75) is 0 Å². The molecule has 0 saturated carbocycles. The van der Waals surface area contributed by atoms with Crippen LogP contribution in [-0.2, 0) is 0 Å². The highest BCUT2D eigenvalue weighted by Gasteiger charge is 2.14. The van der Waals surface area contributed by atoms with E-state index in [4.69, 9.17) is 9.97 Å². The Labute approximate surface area is 292 Å². The van der Waals surface area contributed by atoms with Gasteiger partial charge in [-0.25, -0.2) is 9.97 Å². The van der Waals surface area contributed by atoms with Crippen LogP contribution in [0.1, 0.15) is 0 Å². The van der Waals surface area contributed by atoms with Crippen molar-refractivity contribution >= 4 is 21.5 Å². The molecule has 1 aromatic heterocycles. The summed E-state index contributed by atoms with van der Waals surface area (Å²) in [5, 5.41) is 4.93. The highest BCUT2D eigenvalue weighted by molar-refractivity contribution is 5.98. The molecule has 0 amide bonds. The maximum Gasteiger partial charge on any atom is 0.160 e. The number of nitrogens with zero attached hydrogens (tertiary/aromatic N) is 2.